The monoisotopic (exact) mass is 282 g/mol. The smallest absolute Gasteiger partial charge is 0.0860 e. The van der Waals surface area contributed by atoms with Crippen molar-refractivity contribution in [2.24, 2.45) is 0 Å². The second-order valence-corrected chi connectivity index (χ2v) is 4.74. The van der Waals surface area contributed by atoms with Gasteiger partial charge in [-0.25, -0.2) is 0 Å². The largest absolute Gasteiger partial charge is 0.311 e. The topological polar surface area (TPSA) is 60.6 Å². The molecule has 0 aliphatic rings. The maximum Gasteiger partial charge on any atom is 0.0860 e. The maximum atomic E-state index is 6.24. The third-order valence-electron chi connectivity index (χ3n) is 2.96. The number of aromatic nitrogens is 5. The summed E-state index contributed by atoms with van der Waals surface area (Å²) < 4.78 is 3.77. The van der Waals surface area contributed by atoms with Crippen LogP contribution in [0.4, 0.5) is 0 Å². The Morgan fingerprint density at radius 3 is 2.95 bits per heavy atom. The van der Waals surface area contributed by atoms with Crippen LogP contribution in [0.2, 0.25) is 5.02 Å². The van der Waals surface area contributed by atoms with Gasteiger partial charge in [-0.05, 0) is 26.8 Å². The Labute approximate surface area is 117 Å². The number of aryl methyl sites for hydroxylation is 3. The summed E-state index contributed by atoms with van der Waals surface area (Å²) in [7, 11) is 0. The van der Waals surface area contributed by atoms with E-state index in [0.717, 1.165) is 49.0 Å². The van der Waals surface area contributed by atoms with Crippen molar-refractivity contribution < 1.29 is 0 Å². The Morgan fingerprint density at radius 1 is 1.42 bits per heavy atom. The van der Waals surface area contributed by atoms with Crippen molar-refractivity contribution in [1.82, 2.24) is 30.1 Å². The zero-order valence-corrected chi connectivity index (χ0v) is 12.1. The molecule has 0 aliphatic carbocycles. The van der Waals surface area contributed by atoms with E-state index < -0.39 is 0 Å². The van der Waals surface area contributed by atoms with Gasteiger partial charge in [-0.2, -0.15) is 5.10 Å². The van der Waals surface area contributed by atoms with Gasteiger partial charge in [-0.3, -0.25) is 9.36 Å². The summed E-state index contributed by atoms with van der Waals surface area (Å²) in [5, 5.41) is 16.2. The predicted molar refractivity (Wildman–Crippen MR) is 74.0 cm³/mol. The minimum absolute atomic E-state index is 0.741. The van der Waals surface area contributed by atoms with E-state index in [0.29, 0.717) is 0 Å². The quantitative estimate of drug-likeness (QED) is 0.784. The van der Waals surface area contributed by atoms with Crippen molar-refractivity contribution >= 4 is 11.6 Å². The Bertz CT molecular complexity index is 505. The Balaban J connectivity index is 1.76. The van der Waals surface area contributed by atoms with Gasteiger partial charge in [-0.1, -0.05) is 16.8 Å². The molecule has 0 saturated heterocycles. The summed E-state index contributed by atoms with van der Waals surface area (Å²) in [4.78, 5) is 0. The molecule has 7 heteroatoms. The lowest BCUT2D eigenvalue weighted by molar-refractivity contribution is 0.518. The number of hydrogen-bond donors (Lipinski definition) is 1. The third kappa shape index (κ3) is 3.54. The highest BCUT2D eigenvalue weighted by Crippen LogP contribution is 2.19. The molecule has 0 unspecified atom stereocenters. The number of halogens is 1. The molecule has 0 bridgehead atoms. The second-order valence-electron chi connectivity index (χ2n) is 4.36. The number of rotatable bonds is 7. The van der Waals surface area contributed by atoms with Crippen LogP contribution in [-0.4, -0.2) is 31.3 Å². The van der Waals surface area contributed by atoms with Crippen LogP contribution in [0, 0.1) is 6.92 Å². The Kier molecular flexibility index (Phi) is 4.93. The number of hydrogen-bond acceptors (Lipinski definition) is 4. The van der Waals surface area contributed by atoms with E-state index in [-0.39, 0.29) is 0 Å². The lowest BCUT2D eigenvalue weighted by atomic mass is 10.3. The van der Waals surface area contributed by atoms with Crippen LogP contribution in [0.5, 0.6) is 0 Å². The molecule has 0 fully saturated rings. The molecule has 19 heavy (non-hydrogen) atoms. The first-order valence-electron chi connectivity index (χ1n) is 6.49. The zero-order valence-electron chi connectivity index (χ0n) is 11.3. The molecular formula is C12H19ClN6. The molecule has 0 aromatic carbocycles. The van der Waals surface area contributed by atoms with Gasteiger partial charge in [0.2, 0.25) is 0 Å². The van der Waals surface area contributed by atoms with Crippen LogP contribution in [0.25, 0.3) is 0 Å². The van der Waals surface area contributed by atoms with Gasteiger partial charge in [0.15, 0.2) is 0 Å². The molecule has 0 atom stereocenters. The first-order valence-corrected chi connectivity index (χ1v) is 6.86. The summed E-state index contributed by atoms with van der Waals surface area (Å²) in [6.45, 7) is 7.35. The fourth-order valence-corrected chi connectivity index (χ4v) is 2.16. The van der Waals surface area contributed by atoms with Crippen molar-refractivity contribution in [2.75, 3.05) is 6.54 Å². The van der Waals surface area contributed by atoms with Gasteiger partial charge >= 0.3 is 0 Å². The summed E-state index contributed by atoms with van der Waals surface area (Å²) in [5.74, 6) is 0. The van der Waals surface area contributed by atoms with Crippen LogP contribution in [0.15, 0.2) is 12.4 Å². The van der Waals surface area contributed by atoms with E-state index in [1.807, 2.05) is 22.5 Å². The molecule has 0 spiro atoms. The van der Waals surface area contributed by atoms with Crippen LogP contribution in [0.3, 0.4) is 0 Å². The van der Waals surface area contributed by atoms with Crippen LogP contribution in [-0.2, 0) is 19.6 Å². The van der Waals surface area contributed by atoms with Gasteiger partial charge in [0.25, 0.3) is 0 Å². The average Bonchev–Trinajstić information content (AvgIpc) is 3.01. The van der Waals surface area contributed by atoms with Crippen molar-refractivity contribution in [1.29, 1.82) is 0 Å². The highest BCUT2D eigenvalue weighted by Gasteiger charge is 2.11. The molecule has 2 heterocycles. The molecule has 0 saturated carbocycles. The number of nitrogens with zero attached hydrogens (tertiary/aromatic N) is 5. The fraction of sp³-hybridized carbons (Fsp3) is 0.583. The maximum absolute atomic E-state index is 6.24. The lowest BCUT2D eigenvalue weighted by Crippen LogP contribution is -2.19. The second kappa shape index (κ2) is 6.68. The van der Waals surface area contributed by atoms with Gasteiger partial charge in [0.05, 0.1) is 22.6 Å². The molecule has 6 nitrogen and oxygen atoms in total. The van der Waals surface area contributed by atoms with E-state index in [4.69, 9.17) is 11.6 Å². The first-order chi connectivity index (χ1) is 9.22. The molecule has 104 valence electrons. The predicted octanol–water partition coefficient (Wildman–Crippen LogP) is 1.64. The number of nitrogens with one attached hydrogen (secondary N) is 1. The van der Waals surface area contributed by atoms with Crippen LogP contribution < -0.4 is 5.32 Å². The van der Waals surface area contributed by atoms with Crippen LogP contribution >= 0.6 is 11.6 Å². The van der Waals surface area contributed by atoms with E-state index in [1.165, 1.54) is 0 Å². The average molecular weight is 283 g/mol. The van der Waals surface area contributed by atoms with E-state index in [9.17, 15) is 0 Å². The molecule has 1 N–H and O–H groups in total. The zero-order chi connectivity index (χ0) is 13.7. The minimum atomic E-state index is 0.741. The SMILES string of the molecule is CCn1nc(C)c(Cl)c1CNCCCn1ccnn1. The van der Waals surface area contributed by atoms with E-state index in [1.54, 1.807) is 6.20 Å². The summed E-state index contributed by atoms with van der Waals surface area (Å²) >= 11 is 6.24. The Hall–Kier alpha value is -1.40. The molecule has 0 radical (unpaired) electrons. The van der Waals surface area contributed by atoms with Crippen molar-refractivity contribution in [3.05, 3.63) is 28.8 Å². The molecule has 0 aliphatic heterocycles. The van der Waals surface area contributed by atoms with Gasteiger partial charge in [0.1, 0.15) is 0 Å². The minimum Gasteiger partial charge on any atom is -0.311 e. The molecule has 2 aromatic rings. The van der Waals surface area contributed by atoms with Crippen molar-refractivity contribution in [3.8, 4) is 0 Å². The first kappa shape index (κ1) is 14.0. The van der Waals surface area contributed by atoms with Crippen molar-refractivity contribution in [3.63, 3.8) is 0 Å². The highest BCUT2D eigenvalue weighted by molar-refractivity contribution is 6.31. The Morgan fingerprint density at radius 2 is 2.26 bits per heavy atom. The third-order valence-corrected chi connectivity index (χ3v) is 3.45. The highest BCUT2D eigenvalue weighted by atomic mass is 35.5. The normalized spacial score (nSPS) is 11.1. The molecule has 2 rings (SSSR count). The van der Waals surface area contributed by atoms with Crippen molar-refractivity contribution in [2.45, 2.75) is 39.9 Å². The summed E-state index contributed by atoms with van der Waals surface area (Å²) in [6.07, 6.45) is 4.56. The molecule has 0 amide bonds. The van der Waals surface area contributed by atoms with E-state index >= 15 is 0 Å². The van der Waals surface area contributed by atoms with Gasteiger partial charge < -0.3 is 5.32 Å². The van der Waals surface area contributed by atoms with Gasteiger partial charge in [0, 0.05) is 25.8 Å². The fourth-order valence-electron chi connectivity index (χ4n) is 1.96. The molecular weight excluding hydrogens is 264 g/mol. The van der Waals surface area contributed by atoms with E-state index in [2.05, 4.69) is 27.7 Å². The van der Waals surface area contributed by atoms with Crippen LogP contribution in [0.1, 0.15) is 24.7 Å². The summed E-state index contributed by atoms with van der Waals surface area (Å²) in [5.41, 5.74) is 1.95. The molecule has 2 aromatic heterocycles. The summed E-state index contributed by atoms with van der Waals surface area (Å²) in [6, 6.07) is 0. The van der Waals surface area contributed by atoms with Gasteiger partial charge in [-0.15, -0.1) is 5.10 Å². The lowest BCUT2D eigenvalue weighted by Gasteiger charge is -2.07. The standard InChI is InChI=1S/C12H19ClN6/c1-3-19-11(12(13)10(2)16-19)9-14-5-4-7-18-8-6-15-17-18/h6,8,14H,3-5,7,9H2,1-2H3.